The quantitative estimate of drug-likeness (QED) is 0.805. The van der Waals surface area contributed by atoms with E-state index >= 15 is 0 Å². The summed E-state index contributed by atoms with van der Waals surface area (Å²) < 4.78 is 27.0. The lowest BCUT2D eigenvalue weighted by atomic mass is 9.99. The van der Waals surface area contributed by atoms with Gasteiger partial charge in [0, 0.05) is 31.2 Å². The molecule has 0 aliphatic carbocycles. The van der Waals surface area contributed by atoms with E-state index in [-0.39, 0.29) is 11.5 Å². The van der Waals surface area contributed by atoms with Crippen LogP contribution in [0.3, 0.4) is 0 Å². The molecule has 114 valence electrons. The van der Waals surface area contributed by atoms with Crippen LogP contribution in [0.4, 0.5) is 14.5 Å². The maximum Gasteiger partial charge on any atom is 0.254 e. The summed E-state index contributed by atoms with van der Waals surface area (Å²) in [6, 6.07) is 2.42. The molecule has 2 saturated heterocycles. The van der Waals surface area contributed by atoms with Gasteiger partial charge in [0.1, 0.15) is 17.3 Å². The first-order valence-corrected chi connectivity index (χ1v) is 7.34. The van der Waals surface area contributed by atoms with Crippen LogP contribution < -0.4 is 5.73 Å². The number of halogens is 2. The van der Waals surface area contributed by atoms with Gasteiger partial charge in [-0.2, -0.15) is 0 Å². The third-order valence-electron chi connectivity index (χ3n) is 4.45. The van der Waals surface area contributed by atoms with Gasteiger partial charge in [-0.15, -0.1) is 0 Å². The molecule has 1 unspecified atom stereocenters. The highest BCUT2D eigenvalue weighted by atomic mass is 19.1. The van der Waals surface area contributed by atoms with Crippen molar-refractivity contribution in [1.82, 2.24) is 9.80 Å². The van der Waals surface area contributed by atoms with Crippen LogP contribution in [0.5, 0.6) is 0 Å². The Kier molecular flexibility index (Phi) is 3.80. The van der Waals surface area contributed by atoms with Gasteiger partial charge >= 0.3 is 0 Å². The predicted octanol–water partition coefficient (Wildman–Crippen LogP) is 1.86. The van der Waals surface area contributed by atoms with Crippen LogP contribution in [0.1, 0.15) is 29.6 Å². The van der Waals surface area contributed by atoms with Crippen LogP contribution in [-0.2, 0) is 0 Å². The van der Waals surface area contributed by atoms with Gasteiger partial charge in [-0.25, -0.2) is 8.78 Å². The number of rotatable bonds is 1. The first kappa shape index (κ1) is 14.3. The van der Waals surface area contributed by atoms with E-state index < -0.39 is 17.3 Å². The molecule has 0 aromatic heterocycles. The van der Waals surface area contributed by atoms with Crippen molar-refractivity contribution in [2.75, 3.05) is 31.9 Å². The van der Waals surface area contributed by atoms with Crippen LogP contribution in [0, 0.1) is 11.6 Å². The second kappa shape index (κ2) is 5.60. The van der Waals surface area contributed by atoms with Crippen LogP contribution in [0.2, 0.25) is 0 Å². The van der Waals surface area contributed by atoms with Crippen molar-refractivity contribution in [3.63, 3.8) is 0 Å². The van der Waals surface area contributed by atoms with Crippen molar-refractivity contribution in [3.8, 4) is 0 Å². The smallest absolute Gasteiger partial charge is 0.254 e. The van der Waals surface area contributed by atoms with Gasteiger partial charge in [-0.05, 0) is 31.5 Å². The molecule has 0 spiro atoms. The van der Waals surface area contributed by atoms with Crippen molar-refractivity contribution >= 4 is 11.6 Å². The Morgan fingerprint density at radius 1 is 1.14 bits per heavy atom. The first-order chi connectivity index (χ1) is 10.1. The summed E-state index contributed by atoms with van der Waals surface area (Å²) in [6.07, 6.45) is 3.46. The third-order valence-corrected chi connectivity index (χ3v) is 4.45. The average Bonchev–Trinajstić information content (AvgIpc) is 2.51. The topological polar surface area (TPSA) is 49.6 Å². The van der Waals surface area contributed by atoms with Crippen molar-refractivity contribution < 1.29 is 13.6 Å². The molecule has 2 aliphatic heterocycles. The van der Waals surface area contributed by atoms with E-state index in [2.05, 4.69) is 4.90 Å². The summed E-state index contributed by atoms with van der Waals surface area (Å²) in [5.41, 5.74) is 4.73. The van der Waals surface area contributed by atoms with Crippen molar-refractivity contribution in [2.24, 2.45) is 0 Å². The lowest BCUT2D eigenvalue weighted by Crippen LogP contribution is -2.56. The Balaban J connectivity index is 1.76. The molecule has 2 heterocycles. The van der Waals surface area contributed by atoms with E-state index in [1.54, 1.807) is 4.90 Å². The van der Waals surface area contributed by atoms with Crippen LogP contribution in [0.25, 0.3) is 0 Å². The Hall–Kier alpha value is -1.69. The number of piperazine rings is 1. The standard InChI is InChI=1S/C15H19F2N3O/c16-12-7-10(8-13(17)14(12)18)15(21)20-6-5-19-4-2-1-3-11(19)9-20/h7-8,11H,1-6,9,18H2. The minimum absolute atomic E-state index is 0.0310. The van der Waals surface area contributed by atoms with E-state index in [4.69, 9.17) is 5.73 Å². The highest BCUT2D eigenvalue weighted by Crippen LogP contribution is 2.23. The van der Waals surface area contributed by atoms with Crippen molar-refractivity contribution in [2.45, 2.75) is 25.3 Å². The summed E-state index contributed by atoms with van der Waals surface area (Å²) in [4.78, 5) is 16.5. The average molecular weight is 295 g/mol. The molecule has 1 aromatic rings. The molecular weight excluding hydrogens is 276 g/mol. The van der Waals surface area contributed by atoms with Crippen LogP contribution in [0.15, 0.2) is 12.1 Å². The molecule has 1 amide bonds. The summed E-state index contributed by atoms with van der Waals surface area (Å²) in [5, 5.41) is 0. The molecule has 0 radical (unpaired) electrons. The van der Waals surface area contributed by atoms with E-state index in [1.165, 1.54) is 12.8 Å². The Bertz CT molecular complexity index is 541. The SMILES string of the molecule is Nc1c(F)cc(C(=O)N2CCN3CCCCC3C2)cc1F. The number of fused-ring (bicyclic) bond motifs is 1. The molecule has 4 nitrogen and oxygen atoms in total. The summed E-state index contributed by atoms with van der Waals surface area (Å²) in [5.74, 6) is -2.08. The zero-order chi connectivity index (χ0) is 15.0. The number of carbonyl (C=O) groups is 1. The molecule has 3 rings (SSSR count). The van der Waals surface area contributed by atoms with Crippen molar-refractivity contribution in [1.29, 1.82) is 0 Å². The number of hydrogen-bond acceptors (Lipinski definition) is 3. The molecule has 0 bridgehead atoms. The lowest BCUT2D eigenvalue weighted by molar-refractivity contribution is 0.0372. The second-order valence-electron chi connectivity index (χ2n) is 5.79. The minimum Gasteiger partial charge on any atom is -0.394 e. The first-order valence-electron chi connectivity index (χ1n) is 7.34. The summed E-state index contributed by atoms with van der Waals surface area (Å²) in [6.45, 7) is 3.14. The number of benzene rings is 1. The maximum atomic E-state index is 13.5. The number of carbonyl (C=O) groups excluding carboxylic acids is 1. The fraction of sp³-hybridized carbons (Fsp3) is 0.533. The Morgan fingerprint density at radius 2 is 1.86 bits per heavy atom. The van der Waals surface area contributed by atoms with Gasteiger partial charge in [-0.1, -0.05) is 6.42 Å². The molecule has 1 aromatic carbocycles. The molecule has 1 atom stereocenters. The van der Waals surface area contributed by atoms with Crippen LogP contribution in [-0.4, -0.2) is 47.9 Å². The highest BCUT2D eigenvalue weighted by Gasteiger charge is 2.31. The number of amides is 1. The second-order valence-corrected chi connectivity index (χ2v) is 5.79. The zero-order valence-electron chi connectivity index (χ0n) is 11.8. The number of nitrogens with zero attached hydrogens (tertiary/aromatic N) is 2. The lowest BCUT2D eigenvalue weighted by Gasteiger charge is -2.44. The Morgan fingerprint density at radius 3 is 2.57 bits per heavy atom. The molecule has 6 heteroatoms. The van der Waals surface area contributed by atoms with Gasteiger partial charge in [0.25, 0.3) is 5.91 Å². The van der Waals surface area contributed by atoms with Gasteiger partial charge in [0.15, 0.2) is 0 Å². The largest absolute Gasteiger partial charge is 0.394 e. The Labute approximate surface area is 122 Å². The third kappa shape index (κ3) is 2.72. The zero-order valence-corrected chi connectivity index (χ0v) is 11.8. The van der Waals surface area contributed by atoms with Gasteiger partial charge in [-0.3, -0.25) is 9.69 Å². The van der Waals surface area contributed by atoms with Gasteiger partial charge < -0.3 is 10.6 Å². The monoisotopic (exact) mass is 295 g/mol. The molecule has 0 saturated carbocycles. The number of nitrogens with two attached hydrogens (primary N) is 1. The minimum atomic E-state index is -0.880. The fourth-order valence-corrected chi connectivity index (χ4v) is 3.23. The molecule has 2 N–H and O–H groups in total. The van der Waals surface area contributed by atoms with E-state index in [0.717, 1.165) is 31.6 Å². The summed E-state index contributed by atoms with van der Waals surface area (Å²) in [7, 11) is 0. The van der Waals surface area contributed by atoms with E-state index in [1.807, 2.05) is 0 Å². The molecule has 2 aliphatic rings. The predicted molar refractivity (Wildman–Crippen MR) is 75.9 cm³/mol. The number of nitrogen functional groups attached to an aromatic ring is 1. The van der Waals surface area contributed by atoms with Crippen molar-refractivity contribution in [3.05, 3.63) is 29.3 Å². The summed E-state index contributed by atoms with van der Waals surface area (Å²) >= 11 is 0. The van der Waals surface area contributed by atoms with E-state index in [9.17, 15) is 13.6 Å². The number of hydrogen-bond donors (Lipinski definition) is 1. The van der Waals surface area contributed by atoms with Gasteiger partial charge in [0.05, 0.1) is 0 Å². The fourth-order valence-electron chi connectivity index (χ4n) is 3.23. The normalized spacial score (nSPS) is 23.0. The molecular formula is C15H19F2N3O. The van der Waals surface area contributed by atoms with Gasteiger partial charge in [0.2, 0.25) is 0 Å². The highest BCUT2D eigenvalue weighted by molar-refractivity contribution is 5.94. The maximum absolute atomic E-state index is 13.5. The van der Waals surface area contributed by atoms with Crippen LogP contribution >= 0.6 is 0 Å². The van der Waals surface area contributed by atoms with E-state index in [0.29, 0.717) is 19.1 Å². The molecule has 21 heavy (non-hydrogen) atoms. The molecule has 2 fully saturated rings. The number of piperidine rings is 1. The number of anilines is 1.